The Labute approximate surface area is 263 Å². The number of nitrogens with zero attached hydrogens (tertiary/aromatic N) is 5. The summed E-state index contributed by atoms with van der Waals surface area (Å²) in [4.78, 5) is 25.5. The number of rotatable bonds is 10. The van der Waals surface area contributed by atoms with Crippen molar-refractivity contribution in [3.8, 4) is 11.8 Å². The number of methoxy groups -OCH3 is 2. The topological polar surface area (TPSA) is 133 Å². The Morgan fingerprint density at radius 3 is 2.50 bits per heavy atom. The van der Waals surface area contributed by atoms with E-state index in [1.54, 1.807) is 20.3 Å². The number of quaternary nitrogens is 1. The van der Waals surface area contributed by atoms with Crippen LogP contribution in [-0.2, 0) is 26.9 Å². The zero-order valence-corrected chi connectivity index (χ0v) is 28.6. The minimum Gasteiger partial charge on any atom is -0.492 e. The molecule has 44 heavy (non-hydrogen) atoms. The Bertz CT molecular complexity index is 1380. The molecule has 12 heteroatoms. The van der Waals surface area contributed by atoms with Crippen LogP contribution in [0.2, 0.25) is 18.1 Å². The Balaban J connectivity index is 1.78. The van der Waals surface area contributed by atoms with Crippen molar-refractivity contribution in [3.63, 3.8) is 0 Å². The quantitative estimate of drug-likeness (QED) is 0.205. The van der Waals surface area contributed by atoms with E-state index in [0.717, 1.165) is 37.1 Å². The molecule has 0 radical (unpaired) electrons. The molecule has 0 bridgehead atoms. The summed E-state index contributed by atoms with van der Waals surface area (Å²) in [6.07, 6.45) is 4.14. The first kappa shape index (κ1) is 34.0. The van der Waals surface area contributed by atoms with Crippen LogP contribution in [0.4, 0.5) is 16.4 Å². The molecule has 2 amide bonds. The van der Waals surface area contributed by atoms with Gasteiger partial charge >= 0.3 is 6.03 Å². The van der Waals surface area contributed by atoms with Gasteiger partial charge < -0.3 is 29.3 Å². The van der Waals surface area contributed by atoms with E-state index in [1.165, 1.54) is 6.20 Å². The fourth-order valence-electron chi connectivity index (χ4n) is 5.67. The van der Waals surface area contributed by atoms with E-state index >= 15 is 0 Å². The monoisotopic (exact) mass is 625 g/mol. The van der Waals surface area contributed by atoms with Crippen LogP contribution in [0.25, 0.3) is 0 Å². The number of hydrogen-bond acceptors (Lipinski definition) is 9. The molecule has 2 N–H and O–H groups in total. The number of amides is 2. The molecule has 0 spiro atoms. The molecule has 2 aromatic heterocycles. The molecule has 1 atom stereocenters. The highest BCUT2D eigenvalue weighted by Gasteiger charge is 2.48. The van der Waals surface area contributed by atoms with Crippen LogP contribution in [0, 0.1) is 17.2 Å². The molecule has 240 valence electrons. The van der Waals surface area contributed by atoms with Crippen LogP contribution in [0.5, 0.6) is 5.75 Å². The number of aromatic nitrogens is 2. The molecule has 2 aliphatic heterocycles. The summed E-state index contributed by atoms with van der Waals surface area (Å²) in [5, 5.41) is 9.87. The predicted octanol–water partition coefficient (Wildman–Crippen LogP) is 5.55. The Kier molecular flexibility index (Phi) is 10.5. The number of carbonyl (C=O) groups excluding carboxylic acids is 1. The molecule has 2 aliphatic rings. The first-order valence-corrected chi connectivity index (χ1v) is 18.3. The van der Waals surface area contributed by atoms with Gasteiger partial charge in [0.1, 0.15) is 29.6 Å². The molecular formula is C32H49N6O5Si+. The Morgan fingerprint density at radius 2 is 1.91 bits per heavy atom. The highest BCUT2D eigenvalue weighted by molar-refractivity contribution is 6.74. The van der Waals surface area contributed by atoms with Gasteiger partial charge in [-0.1, -0.05) is 20.8 Å². The number of urea groups is 1. The van der Waals surface area contributed by atoms with E-state index in [0.29, 0.717) is 67.2 Å². The van der Waals surface area contributed by atoms with Crippen molar-refractivity contribution in [2.24, 2.45) is 11.7 Å². The van der Waals surface area contributed by atoms with Crippen LogP contribution >= 0.6 is 0 Å². The molecule has 1 saturated heterocycles. The molecule has 1 fully saturated rings. The van der Waals surface area contributed by atoms with Crippen molar-refractivity contribution >= 4 is 26.0 Å². The molecule has 0 saturated carbocycles. The molecular weight excluding hydrogens is 576 g/mol. The van der Waals surface area contributed by atoms with Gasteiger partial charge in [0.15, 0.2) is 8.32 Å². The van der Waals surface area contributed by atoms with E-state index in [-0.39, 0.29) is 5.04 Å². The van der Waals surface area contributed by atoms with E-state index < -0.39 is 25.1 Å². The van der Waals surface area contributed by atoms with Crippen LogP contribution in [0.15, 0.2) is 18.3 Å². The van der Waals surface area contributed by atoms with E-state index in [2.05, 4.69) is 56.9 Å². The van der Waals surface area contributed by atoms with Crippen LogP contribution in [-0.4, -0.2) is 76.7 Å². The summed E-state index contributed by atoms with van der Waals surface area (Å²) >= 11 is 0. The van der Waals surface area contributed by atoms with Gasteiger partial charge in [0.25, 0.3) is 0 Å². The summed E-state index contributed by atoms with van der Waals surface area (Å²) in [6, 6.07) is 5.31. The number of nitrogens with two attached hydrogens (primary N) is 1. The Hall–Kier alpha value is -2.92. The van der Waals surface area contributed by atoms with E-state index in [9.17, 15) is 10.1 Å². The number of fused-ring (bicyclic) bond motifs is 1. The Morgan fingerprint density at radius 1 is 1.23 bits per heavy atom. The van der Waals surface area contributed by atoms with Gasteiger partial charge in [-0.3, -0.25) is 0 Å². The molecule has 0 aromatic carbocycles. The molecule has 4 rings (SSSR count). The second kappa shape index (κ2) is 13.6. The smallest absolute Gasteiger partial charge is 0.426 e. The average molecular weight is 626 g/mol. The van der Waals surface area contributed by atoms with Gasteiger partial charge in [0, 0.05) is 31.8 Å². The first-order chi connectivity index (χ1) is 20.8. The first-order valence-electron chi connectivity index (χ1n) is 15.4. The van der Waals surface area contributed by atoms with Crippen molar-refractivity contribution in [1.29, 1.82) is 5.26 Å². The lowest BCUT2D eigenvalue weighted by Gasteiger charge is -2.37. The summed E-state index contributed by atoms with van der Waals surface area (Å²) in [5.74, 6) is 1.63. The van der Waals surface area contributed by atoms with Crippen LogP contribution < -0.4 is 15.0 Å². The standard InChI is InChI=1S/C32H48N6O5Si/c1-32(2,3)44(7,8)43-21-24-16-23-10-9-15-38(31(34)39,29(23)36-28(24)30(40-5)41-6)27-17-26(25(18-33)19-35-27)42-20-22-11-13-37(4)14-12-22/h16-17,19,22,30H,9-15,20-21H2,1-8H3,(H-,34,39)/p+1. The minimum absolute atomic E-state index is 0.0309. The number of ether oxygens (including phenoxy) is 3. The number of carbonyl (C=O) groups is 1. The molecule has 11 nitrogen and oxygen atoms in total. The third-order valence-electron chi connectivity index (χ3n) is 9.59. The normalized spacial score (nSPS) is 19.9. The minimum atomic E-state index is -2.08. The zero-order chi connectivity index (χ0) is 32.3. The lowest BCUT2D eigenvalue weighted by molar-refractivity contribution is -0.109. The van der Waals surface area contributed by atoms with E-state index in [1.807, 2.05) is 6.07 Å². The van der Waals surface area contributed by atoms with Crippen molar-refractivity contribution in [2.75, 3.05) is 47.5 Å². The van der Waals surface area contributed by atoms with Crippen LogP contribution in [0.1, 0.15) is 68.7 Å². The summed E-state index contributed by atoms with van der Waals surface area (Å²) in [7, 11) is 3.15. The second-order valence-corrected chi connectivity index (χ2v) is 18.4. The highest BCUT2D eigenvalue weighted by Crippen LogP contribution is 2.43. The lowest BCUT2D eigenvalue weighted by atomic mass is 9.98. The lowest BCUT2D eigenvalue weighted by Crippen LogP contribution is -2.56. The largest absolute Gasteiger partial charge is 0.492 e. The van der Waals surface area contributed by atoms with E-state index in [4.69, 9.17) is 29.4 Å². The summed E-state index contributed by atoms with van der Waals surface area (Å²) < 4.78 is 23.8. The van der Waals surface area contributed by atoms with Gasteiger partial charge in [0.2, 0.25) is 17.9 Å². The number of aryl methyl sites for hydroxylation is 1. The van der Waals surface area contributed by atoms with Gasteiger partial charge in [-0.2, -0.15) is 10.2 Å². The predicted molar refractivity (Wildman–Crippen MR) is 172 cm³/mol. The highest BCUT2D eigenvalue weighted by atomic mass is 28.4. The second-order valence-electron chi connectivity index (χ2n) is 13.6. The van der Waals surface area contributed by atoms with Crippen molar-refractivity contribution in [2.45, 2.75) is 77.5 Å². The molecule has 2 aromatic rings. The zero-order valence-electron chi connectivity index (χ0n) is 27.6. The number of pyridine rings is 2. The van der Waals surface area contributed by atoms with Gasteiger partial charge in [-0.05, 0) is 69.5 Å². The maximum Gasteiger partial charge on any atom is 0.426 e. The number of primary amides is 1. The fraction of sp³-hybridized carbons (Fsp3) is 0.625. The number of likely N-dealkylation sites (tertiary alicyclic amines) is 1. The summed E-state index contributed by atoms with van der Waals surface area (Å²) in [5.41, 5.74) is 8.81. The van der Waals surface area contributed by atoms with Crippen molar-refractivity contribution in [3.05, 3.63) is 40.7 Å². The maximum atomic E-state index is 13.5. The van der Waals surface area contributed by atoms with Crippen molar-refractivity contribution in [1.82, 2.24) is 19.4 Å². The fourth-order valence-corrected chi connectivity index (χ4v) is 6.62. The third-order valence-corrected chi connectivity index (χ3v) is 14.1. The SMILES string of the molecule is COC(OC)c1nc2c(cc1CO[Si](C)(C)C(C)(C)C)CCC[N+]2(C(N)=O)c1cc(OCC2CCN(C)CC2)c(C#N)cn1. The van der Waals surface area contributed by atoms with Gasteiger partial charge in [-0.15, -0.1) is 4.48 Å². The average Bonchev–Trinajstić information content (AvgIpc) is 2.99. The van der Waals surface area contributed by atoms with Gasteiger partial charge in [0.05, 0.1) is 25.5 Å². The number of piperidine rings is 1. The molecule has 4 heterocycles. The number of hydrogen-bond donors (Lipinski definition) is 1. The molecule has 0 aliphatic carbocycles. The van der Waals surface area contributed by atoms with Crippen molar-refractivity contribution < 1.29 is 23.4 Å². The maximum absolute atomic E-state index is 13.5. The summed E-state index contributed by atoms with van der Waals surface area (Å²) in [6.45, 7) is 14.3. The number of nitriles is 1. The third kappa shape index (κ3) is 6.83. The van der Waals surface area contributed by atoms with Gasteiger partial charge in [-0.25, -0.2) is 9.78 Å². The van der Waals surface area contributed by atoms with Crippen LogP contribution in [0.3, 0.4) is 0 Å². The molecule has 1 unspecified atom stereocenters.